The van der Waals surface area contributed by atoms with Crippen LogP contribution in [0.5, 0.6) is 0 Å². The molecule has 2 aliphatic rings. The van der Waals surface area contributed by atoms with Crippen molar-refractivity contribution in [1.82, 2.24) is 15.4 Å². The second-order valence-electron chi connectivity index (χ2n) is 4.64. The number of carbonyl (C=O) groups excluding carboxylic acids is 2. The third-order valence-electron chi connectivity index (χ3n) is 3.26. The number of rotatable bonds is 2. The van der Waals surface area contributed by atoms with Gasteiger partial charge in [-0.2, -0.15) is 11.8 Å². The first kappa shape index (κ1) is 11.6. The summed E-state index contributed by atoms with van der Waals surface area (Å²) in [5.41, 5.74) is 0.0553. The van der Waals surface area contributed by atoms with Crippen molar-refractivity contribution in [1.29, 1.82) is 0 Å². The Labute approximate surface area is 108 Å². The Balaban J connectivity index is 1.80. The van der Waals surface area contributed by atoms with Crippen LogP contribution in [0.3, 0.4) is 0 Å². The molecule has 96 valence electrons. The predicted molar refractivity (Wildman–Crippen MR) is 65.0 cm³/mol. The molecule has 1 atom stereocenters. The second kappa shape index (κ2) is 4.01. The van der Waals surface area contributed by atoms with Crippen molar-refractivity contribution in [3.8, 4) is 0 Å². The van der Waals surface area contributed by atoms with E-state index >= 15 is 0 Å². The Hall–Kier alpha value is -1.50. The van der Waals surface area contributed by atoms with Gasteiger partial charge in [-0.25, -0.2) is 4.79 Å². The molecule has 2 saturated heterocycles. The first-order chi connectivity index (χ1) is 8.61. The van der Waals surface area contributed by atoms with E-state index in [1.165, 1.54) is 4.90 Å². The van der Waals surface area contributed by atoms with Crippen LogP contribution in [0.4, 0.5) is 4.79 Å². The van der Waals surface area contributed by atoms with Crippen LogP contribution in [0.1, 0.15) is 17.9 Å². The number of amides is 3. The normalized spacial score (nSPS) is 27.3. The number of hydrogen-bond donors (Lipinski definition) is 1. The molecule has 1 spiro atoms. The van der Waals surface area contributed by atoms with Crippen LogP contribution in [0.15, 0.2) is 10.6 Å². The molecule has 0 aliphatic carbocycles. The standard InChI is InChI=1S/C11H13N3O3S/c1-7-4-8(17-13-7)5-14-9(15)11(12-10(14)16)2-3-18-6-11/h4H,2-3,5-6H2,1H3,(H,12,16)/t11-/m0/s1. The highest BCUT2D eigenvalue weighted by molar-refractivity contribution is 7.99. The number of carbonyl (C=O) groups is 2. The Morgan fingerprint density at radius 2 is 2.44 bits per heavy atom. The van der Waals surface area contributed by atoms with E-state index in [9.17, 15) is 9.59 Å². The zero-order chi connectivity index (χ0) is 12.8. The van der Waals surface area contributed by atoms with E-state index in [1.54, 1.807) is 24.8 Å². The minimum atomic E-state index is -0.684. The highest BCUT2D eigenvalue weighted by atomic mass is 32.2. The summed E-state index contributed by atoms with van der Waals surface area (Å²) in [5.74, 6) is 1.94. The monoisotopic (exact) mass is 267 g/mol. The molecule has 3 amide bonds. The average Bonchev–Trinajstić information content (AvgIpc) is 2.99. The molecule has 1 aromatic heterocycles. The SMILES string of the molecule is Cc1cc(CN2C(=O)N[C@]3(CCSC3)C2=O)on1. The molecule has 0 unspecified atom stereocenters. The minimum Gasteiger partial charge on any atom is -0.359 e. The van der Waals surface area contributed by atoms with Crippen LogP contribution < -0.4 is 5.32 Å². The molecule has 0 aromatic carbocycles. The molecule has 2 fully saturated rings. The molecule has 0 bridgehead atoms. The van der Waals surface area contributed by atoms with Crippen LogP contribution in [0.2, 0.25) is 0 Å². The van der Waals surface area contributed by atoms with Gasteiger partial charge >= 0.3 is 6.03 Å². The van der Waals surface area contributed by atoms with Gasteiger partial charge < -0.3 is 9.84 Å². The van der Waals surface area contributed by atoms with E-state index in [-0.39, 0.29) is 18.5 Å². The first-order valence-corrected chi connectivity index (χ1v) is 6.90. The number of urea groups is 1. The number of hydrogen-bond acceptors (Lipinski definition) is 5. The molecule has 1 aromatic rings. The lowest BCUT2D eigenvalue weighted by atomic mass is 9.99. The zero-order valence-corrected chi connectivity index (χ0v) is 10.7. The summed E-state index contributed by atoms with van der Waals surface area (Å²) in [6, 6.07) is 1.39. The van der Waals surface area contributed by atoms with Gasteiger partial charge in [-0.1, -0.05) is 5.16 Å². The van der Waals surface area contributed by atoms with E-state index in [0.717, 1.165) is 11.4 Å². The third-order valence-corrected chi connectivity index (χ3v) is 4.45. The van der Waals surface area contributed by atoms with Crippen molar-refractivity contribution in [3.63, 3.8) is 0 Å². The van der Waals surface area contributed by atoms with Crippen molar-refractivity contribution >= 4 is 23.7 Å². The summed E-state index contributed by atoms with van der Waals surface area (Å²) in [7, 11) is 0. The van der Waals surface area contributed by atoms with Crippen LogP contribution in [0.25, 0.3) is 0 Å². The molecule has 7 heteroatoms. The summed E-state index contributed by atoms with van der Waals surface area (Å²) in [5, 5.41) is 6.56. The van der Waals surface area contributed by atoms with Gasteiger partial charge in [0.2, 0.25) is 0 Å². The summed E-state index contributed by atoms with van der Waals surface area (Å²) < 4.78 is 5.04. The Bertz CT molecular complexity index is 507. The molecule has 6 nitrogen and oxygen atoms in total. The fraction of sp³-hybridized carbons (Fsp3) is 0.545. The Morgan fingerprint density at radius 3 is 3.06 bits per heavy atom. The lowest BCUT2D eigenvalue weighted by Crippen LogP contribution is -2.46. The highest BCUT2D eigenvalue weighted by Gasteiger charge is 2.52. The fourth-order valence-corrected chi connectivity index (χ4v) is 3.62. The van der Waals surface area contributed by atoms with Gasteiger partial charge in [-0.3, -0.25) is 9.69 Å². The van der Waals surface area contributed by atoms with Crippen molar-refractivity contribution in [2.45, 2.75) is 25.4 Å². The van der Waals surface area contributed by atoms with Gasteiger partial charge in [0.25, 0.3) is 5.91 Å². The van der Waals surface area contributed by atoms with Gasteiger partial charge in [-0.15, -0.1) is 0 Å². The van der Waals surface area contributed by atoms with E-state index < -0.39 is 5.54 Å². The van der Waals surface area contributed by atoms with Crippen LogP contribution in [0, 0.1) is 6.92 Å². The molecule has 18 heavy (non-hydrogen) atoms. The Kier molecular flexibility index (Phi) is 2.58. The van der Waals surface area contributed by atoms with E-state index in [1.807, 2.05) is 0 Å². The third kappa shape index (κ3) is 1.69. The van der Waals surface area contributed by atoms with Crippen molar-refractivity contribution in [3.05, 3.63) is 17.5 Å². The summed E-state index contributed by atoms with van der Waals surface area (Å²) >= 11 is 1.69. The van der Waals surface area contributed by atoms with E-state index in [4.69, 9.17) is 4.52 Å². The van der Waals surface area contributed by atoms with Crippen LogP contribution in [-0.4, -0.2) is 39.0 Å². The maximum Gasteiger partial charge on any atom is 0.325 e. The maximum atomic E-state index is 12.3. The van der Waals surface area contributed by atoms with Crippen LogP contribution >= 0.6 is 11.8 Å². The molecule has 1 N–H and O–H groups in total. The fourth-order valence-electron chi connectivity index (χ4n) is 2.30. The molecular weight excluding hydrogens is 254 g/mol. The largest absolute Gasteiger partial charge is 0.359 e. The summed E-state index contributed by atoms with van der Waals surface area (Å²) in [6.07, 6.45) is 0.703. The summed E-state index contributed by atoms with van der Waals surface area (Å²) in [6.45, 7) is 1.95. The average molecular weight is 267 g/mol. The zero-order valence-electron chi connectivity index (χ0n) is 9.93. The predicted octanol–water partition coefficient (Wildman–Crippen LogP) is 0.911. The second-order valence-corrected chi connectivity index (χ2v) is 5.75. The maximum absolute atomic E-state index is 12.3. The molecular formula is C11H13N3O3S. The van der Waals surface area contributed by atoms with E-state index in [0.29, 0.717) is 17.9 Å². The van der Waals surface area contributed by atoms with Gasteiger partial charge in [-0.05, 0) is 19.1 Å². The lowest BCUT2D eigenvalue weighted by molar-refractivity contribution is -0.131. The smallest absolute Gasteiger partial charge is 0.325 e. The van der Waals surface area contributed by atoms with Gasteiger partial charge in [0, 0.05) is 11.8 Å². The number of imide groups is 1. The lowest BCUT2D eigenvalue weighted by Gasteiger charge is -2.18. The number of nitrogens with one attached hydrogen (secondary N) is 1. The van der Waals surface area contributed by atoms with E-state index in [2.05, 4.69) is 10.5 Å². The summed E-state index contributed by atoms with van der Waals surface area (Å²) in [4.78, 5) is 25.4. The molecule has 0 radical (unpaired) electrons. The first-order valence-electron chi connectivity index (χ1n) is 5.75. The number of aryl methyl sites for hydroxylation is 1. The van der Waals surface area contributed by atoms with Crippen molar-refractivity contribution in [2.75, 3.05) is 11.5 Å². The van der Waals surface area contributed by atoms with Crippen molar-refractivity contribution < 1.29 is 14.1 Å². The van der Waals surface area contributed by atoms with Gasteiger partial charge in [0.15, 0.2) is 5.76 Å². The molecule has 0 saturated carbocycles. The van der Waals surface area contributed by atoms with Gasteiger partial charge in [0.05, 0.1) is 12.2 Å². The van der Waals surface area contributed by atoms with Gasteiger partial charge in [0.1, 0.15) is 5.54 Å². The number of aromatic nitrogens is 1. The number of thioether (sulfide) groups is 1. The highest BCUT2D eigenvalue weighted by Crippen LogP contribution is 2.33. The minimum absolute atomic E-state index is 0.147. The topological polar surface area (TPSA) is 75.4 Å². The molecule has 2 aliphatic heterocycles. The Morgan fingerprint density at radius 1 is 1.61 bits per heavy atom. The van der Waals surface area contributed by atoms with Crippen LogP contribution in [-0.2, 0) is 11.3 Å². The van der Waals surface area contributed by atoms with Crippen molar-refractivity contribution in [2.24, 2.45) is 0 Å². The number of nitrogens with zero attached hydrogens (tertiary/aromatic N) is 2. The molecule has 3 rings (SSSR count). The molecule has 3 heterocycles. The quantitative estimate of drug-likeness (QED) is 0.806.